The van der Waals surface area contributed by atoms with Gasteiger partial charge in [-0.25, -0.2) is 15.0 Å². The SMILES string of the molecule is Cc1cc(-c2cc(-c3ccncn3)ccc2NN)cc(C(F)(F)F)n1. The lowest BCUT2D eigenvalue weighted by Crippen LogP contribution is -2.10. The second-order valence-electron chi connectivity index (χ2n) is 5.38. The number of aryl methyl sites for hydroxylation is 1. The van der Waals surface area contributed by atoms with Crippen LogP contribution in [0.2, 0.25) is 0 Å². The molecule has 0 radical (unpaired) electrons. The number of benzene rings is 1. The number of nitrogens with two attached hydrogens (primary N) is 1. The molecule has 0 spiro atoms. The number of nitrogens with one attached hydrogen (secondary N) is 1. The van der Waals surface area contributed by atoms with Crippen LogP contribution in [0.1, 0.15) is 11.4 Å². The molecule has 0 saturated heterocycles. The predicted octanol–water partition coefficient (Wildman–Crippen LogP) is 3.82. The summed E-state index contributed by atoms with van der Waals surface area (Å²) in [4.78, 5) is 11.6. The molecule has 3 N–H and O–H groups in total. The van der Waals surface area contributed by atoms with Gasteiger partial charge in [0.2, 0.25) is 0 Å². The average molecular weight is 345 g/mol. The molecule has 2 aromatic heterocycles. The number of hydrogen-bond acceptors (Lipinski definition) is 5. The van der Waals surface area contributed by atoms with Gasteiger partial charge in [0.15, 0.2) is 0 Å². The minimum absolute atomic E-state index is 0.264. The number of hydrogen-bond donors (Lipinski definition) is 2. The molecule has 0 amide bonds. The Morgan fingerprint density at radius 1 is 1.04 bits per heavy atom. The van der Waals surface area contributed by atoms with Crippen molar-refractivity contribution in [3.8, 4) is 22.4 Å². The van der Waals surface area contributed by atoms with Crippen molar-refractivity contribution in [2.45, 2.75) is 13.1 Å². The number of anilines is 1. The number of aromatic nitrogens is 3. The van der Waals surface area contributed by atoms with Crippen molar-refractivity contribution in [2.24, 2.45) is 5.84 Å². The Bertz CT molecular complexity index is 895. The highest BCUT2D eigenvalue weighted by Gasteiger charge is 2.33. The van der Waals surface area contributed by atoms with Crippen molar-refractivity contribution < 1.29 is 13.2 Å². The summed E-state index contributed by atoms with van der Waals surface area (Å²) in [5.74, 6) is 5.53. The van der Waals surface area contributed by atoms with Gasteiger partial charge in [-0.3, -0.25) is 5.84 Å². The van der Waals surface area contributed by atoms with E-state index in [0.29, 0.717) is 22.5 Å². The predicted molar refractivity (Wildman–Crippen MR) is 88.2 cm³/mol. The number of hydrazine groups is 1. The number of nitrogens with zero attached hydrogens (tertiary/aromatic N) is 3. The summed E-state index contributed by atoms with van der Waals surface area (Å²) in [6.45, 7) is 1.52. The zero-order valence-corrected chi connectivity index (χ0v) is 13.2. The third-order valence-corrected chi connectivity index (χ3v) is 3.61. The van der Waals surface area contributed by atoms with E-state index in [1.807, 2.05) is 0 Å². The van der Waals surface area contributed by atoms with Crippen LogP contribution in [0, 0.1) is 6.92 Å². The standard InChI is InChI=1S/C17H14F3N5/c1-10-6-12(8-16(24-10)17(18,19)20)13-7-11(2-3-15(13)25-21)14-4-5-22-9-23-14/h2-9,25H,21H2,1H3. The Hall–Kier alpha value is -3.00. The lowest BCUT2D eigenvalue weighted by Gasteiger charge is -2.14. The zero-order valence-electron chi connectivity index (χ0n) is 13.2. The van der Waals surface area contributed by atoms with Gasteiger partial charge in [0.05, 0.1) is 11.4 Å². The molecular formula is C17H14F3N5. The van der Waals surface area contributed by atoms with E-state index in [1.54, 1.807) is 36.5 Å². The third kappa shape index (κ3) is 3.58. The highest BCUT2D eigenvalue weighted by atomic mass is 19.4. The maximum Gasteiger partial charge on any atom is 0.433 e. The number of pyridine rings is 1. The molecule has 0 atom stereocenters. The lowest BCUT2D eigenvalue weighted by atomic mass is 9.99. The number of alkyl halides is 3. The highest BCUT2D eigenvalue weighted by molar-refractivity contribution is 5.82. The Morgan fingerprint density at radius 3 is 2.48 bits per heavy atom. The van der Waals surface area contributed by atoms with Crippen LogP contribution in [0.4, 0.5) is 18.9 Å². The molecule has 0 aliphatic rings. The number of rotatable bonds is 3. The van der Waals surface area contributed by atoms with Crippen LogP contribution in [0.3, 0.4) is 0 Å². The molecule has 128 valence electrons. The summed E-state index contributed by atoms with van der Waals surface area (Å²) in [5.41, 5.74) is 4.61. The van der Waals surface area contributed by atoms with Crippen LogP contribution in [0.15, 0.2) is 48.9 Å². The summed E-state index contributed by atoms with van der Waals surface area (Å²) in [6, 6.07) is 9.50. The van der Waals surface area contributed by atoms with Crippen LogP contribution >= 0.6 is 0 Å². The molecule has 0 aliphatic carbocycles. The minimum atomic E-state index is -4.53. The monoisotopic (exact) mass is 345 g/mol. The van der Waals surface area contributed by atoms with E-state index in [1.165, 1.54) is 13.3 Å². The summed E-state index contributed by atoms with van der Waals surface area (Å²) in [7, 11) is 0. The van der Waals surface area contributed by atoms with Gasteiger partial charge >= 0.3 is 6.18 Å². The number of nitrogen functional groups attached to an aromatic ring is 1. The van der Waals surface area contributed by atoms with E-state index in [-0.39, 0.29) is 5.69 Å². The van der Waals surface area contributed by atoms with Gasteiger partial charge in [-0.15, -0.1) is 0 Å². The maximum atomic E-state index is 13.1. The molecule has 0 fully saturated rings. The van der Waals surface area contributed by atoms with E-state index in [2.05, 4.69) is 20.4 Å². The quantitative estimate of drug-likeness (QED) is 0.557. The first-order valence-corrected chi connectivity index (χ1v) is 7.32. The van der Waals surface area contributed by atoms with Crippen molar-refractivity contribution in [2.75, 3.05) is 5.43 Å². The van der Waals surface area contributed by atoms with Crippen LogP contribution in [0.25, 0.3) is 22.4 Å². The second kappa shape index (κ2) is 6.48. The Morgan fingerprint density at radius 2 is 1.84 bits per heavy atom. The van der Waals surface area contributed by atoms with Gasteiger partial charge in [0.25, 0.3) is 0 Å². The van der Waals surface area contributed by atoms with Crippen LogP contribution in [0.5, 0.6) is 0 Å². The van der Waals surface area contributed by atoms with Gasteiger partial charge in [-0.2, -0.15) is 13.2 Å². The first kappa shape index (κ1) is 16.8. The fourth-order valence-corrected chi connectivity index (χ4v) is 2.50. The summed E-state index contributed by atoms with van der Waals surface area (Å²) in [6.07, 6.45) is -1.53. The smallest absolute Gasteiger partial charge is 0.324 e. The van der Waals surface area contributed by atoms with Crippen molar-refractivity contribution in [1.29, 1.82) is 0 Å². The molecule has 0 unspecified atom stereocenters. The molecule has 5 nitrogen and oxygen atoms in total. The summed E-state index contributed by atoms with van der Waals surface area (Å²) >= 11 is 0. The molecule has 8 heteroatoms. The first-order valence-electron chi connectivity index (χ1n) is 7.32. The second-order valence-corrected chi connectivity index (χ2v) is 5.38. The van der Waals surface area contributed by atoms with Crippen molar-refractivity contribution in [3.05, 3.63) is 60.3 Å². The topological polar surface area (TPSA) is 76.7 Å². The van der Waals surface area contributed by atoms with Crippen molar-refractivity contribution in [1.82, 2.24) is 15.0 Å². The van der Waals surface area contributed by atoms with E-state index in [0.717, 1.165) is 11.6 Å². The van der Waals surface area contributed by atoms with E-state index in [4.69, 9.17) is 5.84 Å². The molecule has 0 saturated carbocycles. The zero-order chi connectivity index (χ0) is 18.0. The van der Waals surface area contributed by atoms with Gasteiger partial charge in [0, 0.05) is 23.0 Å². The summed E-state index contributed by atoms with van der Waals surface area (Å²) in [5, 5.41) is 0. The van der Waals surface area contributed by atoms with Crippen molar-refractivity contribution in [3.63, 3.8) is 0 Å². The normalized spacial score (nSPS) is 11.4. The molecule has 1 aromatic carbocycles. The molecular weight excluding hydrogens is 331 g/mol. The maximum absolute atomic E-state index is 13.1. The Balaban J connectivity index is 2.18. The fourth-order valence-electron chi connectivity index (χ4n) is 2.50. The van der Waals surface area contributed by atoms with Gasteiger partial charge in [-0.05, 0) is 42.8 Å². The lowest BCUT2D eigenvalue weighted by molar-refractivity contribution is -0.141. The fraction of sp³-hybridized carbons (Fsp3) is 0.118. The van der Waals surface area contributed by atoms with Crippen LogP contribution < -0.4 is 11.3 Å². The van der Waals surface area contributed by atoms with E-state index >= 15 is 0 Å². The molecule has 3 rings (SSSR count). The first-order chi connectivity index (χ1) is 11.9. The number of halogens is 3. The van der Waals surface area contributed by atoms with Crippen molar-refractivity contribution >= 4 is 5.69 Å². The molecule has 0 aliphatic heterocycles. The molecule has 25 heavy (non-hydrogen) atoms. The van der Waals surface area contributed by atoms with Gasteiger partial charge in [-0.1, -0.05) is 6.07 Å². The summed E-state index contributed by atoms with van der Waals surface area (Å²) < 4.78 is 39.2. The Kier molecular flexibility index (Phi) is 4.37. The van der Waals surface area contributed by atoms with Crippen LogP contribution in [-0.4, -0.2) is 15.0 Å². The van der Waals surface area contributed by atoms with E-state index < -0.39 is 11.9 Å². The minimum Gasteiger partial charge on any atom is -0.324 e. The largest absolute Gasteiger partial charge is 0.433 e. The molecule has 3 aromatic rings. The van der Waals surface area contributed by atoms with Crippen LogP contribution in [-0.2, 0) is 6.18 Å². The molecule has 0 bridgehead atoms. The molecule has 2 heterocycles. The van der Waals surface area contributed by atoms with E-state index in [9.17, 15) is 13.2 Å². The third-order valence-electron chi connectivity index (χ3n) is 3.61. The Labute approximate surface area is 141 Å². The van der Waals surface area contributed by atoms with Gasteiger partial charge in [0.1, 0.15) is 12.0 Å². The highest BCUT2D eigenvalue weighted by Crippen LogP contribution is 2.35. The average Bonchev–Trinajstić information content (AvgIpc) is 2.60. The van der Waals surface area contributed by atoms with Gasteiger partial charge < -0.3 is 5.43 Å².